The second-order valence-corrected chi connectivity index (χ2v) is 6.43. The summed E-state index contributed by atoms with van der Waals surface area (Å²) >= 11 is 0. The van der Waals surface area contributed by atoms with Gasteiger partial charge in [0.1, 0.15) is 6.04 Å². The Hall–Kier alpha value is -2.14. The third-order valence-corrected chi connectivity index (χ3v) is 4.70. The van der Waals surface area contributed by atoms with Gasteiger partial charge in [-0.15, -0.1) is 0 Å². The molecule has 0 aromatic heterocycles. The third kappa shape index (κ3) is 4.45. The number of carbonyl (C=O) groups is 2. The second kappa shape index (κ2) is 8.11. The van der Waals surface area contributed by atoms with Crippen molar-refractivity contribution in [3.8, 4) is 0 Å². The standard InChI is InChI=1S/C19H25N3O2/c23-18-10-9-17(20-18)19(24)22-14-12-21(13-15-22)11-5-4-8-16-6-2-1-3-7-16/h1-4,6-8,17H,5,9-15H2,(H,20,23)/b8-4+. The van der Waals surface area contributed by atoms with Gasteiger partial charge < -0.3 is 10.2 Å². The highest BCUT2D eigenvalue weighted by Crippen LogP contribution is 2.12. The molecule has 0 bridgehead atoms. The molecular formula is C19H25N3O2. The van der Waals surface area contributed by atoms with E-state index >= 15 is 0 Å². The fourth-order valence-corrected chi connectivity index (χ4v) is 3.25. The van der Waals surface area contributed by atoms with Gasteiger partial charge in [0.15, 0.2) is 0 Å². The lowest BCUT2D eigenvalue weighted by Gasteiger charge is -2.35. The first-order valence-corrected chi connectivity index (χ1v) is 8.74. The molecule has 0 aliphatic carbocycles. The average Bonchev–Trinajstić information content (AvgIpc) is 3.06. The number of rotatable bonds is 5. The smallest absolute Gasteiger partial charge is 0.245 e. The van der Waals surface area contributed by atoms with Crippen molar-refractivity contribution < 1.29 is 9.59 Å². The Balaban J connectivity index is 1.37. The monoisotopic (exact) mass is 327 g/mol. The maximum Gasteiger partial charge on any atom is 0.245 e. The van der Waals surface area contributed by atoms with Gasteiger partial charge in [0, 0.05) is 39.1 Å². The zero-order valence-corrected chi connectivity index (χ0v) is 14.0. The number of hydrogen-bond acceptors (Lipinski definition) is 3. The molecule has 1 aromatic carbocycles. The number of carbonyl (C=O) groups excluding carboxylic acids is 2. The molecule has 1 N–H and O–H groups in total. The van der Waals surface area contributed by atoms with Crippen molar-refractivity contribution in [1.82, 2.24) is 15.1 Å². The van der Waals surface area contributed by atoms with Gasteiger partial charge in [-0.25, -0.2) is 0 Å². The van der Waals surface area contributed by atoms with Gasteiger partial charge in [-0.05, 0) is 18.4 Å². The fourth-order valence-electron chi connectivity index (χ4n) is 3.25. The van der Waals surface area contributed by atoms with Crippen LogP contribution in [0.4, 0.5) is 0 Å². The van der Waals surface area contributed by atoms with Crippen LogP contribution in [0.5, 0.6) is 0 Å². The predicted octanol–water partition coefficient (Wildman–Crippen LogP) is 1.51. The van der Waals surface area contributed by atoms with Crippen LogP contribution in [0.3, 0.4) is 0 Å². The Morgan fingerprint density at radius 2 is 1.92 bits per heavy atom. The van der Waals surface area contributed by atoms with E-state index in [9.17, 15) is 9.59 Å². The molecule has 0 spiro atoms. The summed E-state index contributed by atoms with van der Waals surface area (Å²) in [4.78, 5) is 27.9. The van der Waals surface area contributed by atoms with Gasteiger partial charge in [-0.2, -0.15) is 0 Å². The summed E-state index contributed by atoms with van der Waals surface area (Å²) < 4.78 is 0. The third-order valence-electron chi connectivity index (χ3n) is 4.70. The van der Waals surface area contributed by atoms with Crippen molar-refractivity contribution in [2.75, 3.05) is 32.7 Å². The van der Waals surface area contributed by atoms with Crippen molar-refractivity contribution in [2.24, 2.45) is 0 Å². The second-order valence-electron chi connectivity index (χ2n) is 6.43. The van der Waals surface area contributed by atoms with E-state index < -0.39 is 0 Å². The van der Waals surface area contributed by atoms with Gasteiger partial charge in [0.2, 0.25) is 11.8 Å². The normalized spacial score (nSPS) is 22.1. The van der Waals surface area contributed by atoms with E-state index in [0.29, 0.717) is 12.8 Å². The Morgan fingerprint density at radius 3 is 2.58 bits per heavy atom. The molecule has 1 atom stereocenters. The van der Waals surface area contributed by atoms with E-state index in [1.807, 2.05) is 23.1 Å². The van der Waals surface area contributed by atoms with Crippen LogP contribution in [-0.4, -0.2) is 60.4 Å². The number of piperazine rings is 1. The Labute approximate surface area is 143 Å². The molecule has 2 heterocycles. The van der Waals surface area contributed by atoms with Crippen molar-refractivity contribution in [1.29, 1.82) is 0 Å². The van der Waals surface area contributed by atoms with Crippen molar-refractivity contribution >= 4 is 17.9 Å². The number of nitrogens with one attached hydrogen (secondary N) is 1. The average molecular weight is 327 g/mol. The van der Waals surface area contributed by atoms with E-state index in [0.717, 1.165) is 39.1 Å². The molecule has 2 aliphatic heterocycles. The summed E-state index contributed by atoms with van der Waals surface area (Å²) in [5.74, 6) is 0.0849. The minimum absolute atomic E-state index is 0.00260. The number of nitrogens with zero attached hydrogens (tertiary/aromatic N) is 2. The van der Waals surface area contributed by atoms with Gasteiger partial charge in [-0.1, -0.05) is 42.5 Å². The number of benzene rings is 1. The largest absolute Gasteiger partial charge is 0.344 e. The lowest BCUT2D eigenvalue weighted by molar-refractivity contribution is -0.136. The summed E-state index contributed by atoms with van der Waals surface area (Å²) in [6, 6.07) is 10.0. The van der Waals surface area contributed by atoms with Crippen LogP contribution in [0.1, 0.15) is 24.8 Å². The lowest BCUT2D eigenvalue weighted by Crippen LogP contribution is -2.53. The SMILES string of the molecule is O=C1CCC(C(=O)N2CCN(CC/C=C/c3ccccc3)CC2)N1. The Morgan fingerprint density at radius 1 is 1.17 bits per heavy atom. The molecule has 2 fully saturated rings. The highest BCUT2D eigenvalue weighted by molar-refractivity contribution is 5.90. The van der Waals surface area contributed by atoms with E-state index in [4.69, 9.17) is 0 Å². The quantitative estimate of drug-likeness (QED) is 0.892. The molecule has 2 amide bonds. The maximum absolute atomic E-state index is 12.4. The molecule has 5 heteroatoms. The van der Waals surface area contributed by atoms with Crippen molar-refractivity contribution in [3.05, 3.63) is 42.0 Å². The molecule has 5 nitrogen and oxygen atoms in total. The van der Waals surface area contributed by atoms with E-state index in [1.54, 1.807) is 0 Å². The Kier molecular flexibility index (Phi) is 5.64. The molecule has 3 rings (SSSR count). The van der Waals surface area contributed by atoms with Gasteiger partial charge >= 0.3 is 0 Å². The fraction of sp³-hybridized carbons (Fsp3) is 0.474. The van der Waals surface area contributed by atoms with Gasteiger partial charge in [0.05, 0.1) is 0 Å². The van der Waals surface area contributed by atoms with Crippen LogP contribution in [0.2, 0.25) is 0 Å². The molecule has 0 saturated carbocycles. The van der Waals surface area contributed by atoms with E-state index in [1.165, 1.54) is 5.56 Å². The molecule has 0 radical (unpaired) electrons. The Bertz CT molecular complexity index is 592. The first-order chi connectivity index (χ1) is 11.7. The molecular weight excluding hydrogens is 302 g/mol. The van der Waals surface area contributed by atoms with Crippen LogP contribution in [-0.2, 0) is 9.59 Å². The van der Waals surface area contributed by atoms with Crippen LogP contribution >= 0.6 is 0 Å². The van der Waals surface area contributed by atoms with Crippen LogP contribution in [0, 0.1) is 0 Å². The van der Waals surface area contributed by atoms with Crippen molar-refractivity contribution in [3.63, 3.8) is 0 Å². The first kappa shape index (κ1) is 16.7. The number of amides is 2. The van der Waals surface area contributed by atoms with Crippen molar-refractivity contribution in [2.45, 2.75) is 25.3 Å². The first-order valence-electron chi connectivity index (χ1n) is 8.74. The lowest BCUT2D eigenvalue weighted by atomic mass is 10.1. The molecule has 1 aromatic rings. The van der Waals surface area contributed by atoms with Gasteiger partial charge in [0.25, 0.3) is 0 Å². The highest BCUT2D eigenvalue weighted by atomic mass is 16.2. The molecule has 2 aliphatic rings. The van der Waals surface area contributed by atoms with Gasteiger partial charge in [-0.3, -0.25) is 14.5 Å². The maximum atomic E-state index is 12.4. The molecule has 1 unspecified atom stereocenters. The van der Waals surface area contributed by atoms with Crippen LogP contribution < -0.4 is 5.32 Å². The van der Waals surface area contributed by atoms with E-state index in [-0.39, 0.29) is 17.9 Å². The summed E-state index contributed by atoms with van der Waals surface area (Å²) in [7, 11) is 0. The zero-order chi connectivity index (χ0) is 16.8. The van der Waals surface area contributed by atoms with E-state index in [2.05, 4.69) is 34.5 Å². The van der Waals surface area contributed by atoms with Crippen LogP contribution in [0.15, 0.2) is 36.4 Å². The molecule has 128 valence electrons. The summed E-state index contributed by atoms with van der Waals surface area (Å²) in [5.41, 5.74) is 1.23. The molecule has 2 saturated heterocycles. The number of hydrogen-bond donors (Lipinski definition) is 1. The summed E-state index contributed by atoms with van der Waals surface area (Å²) in [6.45, 7) is 4.35. The minimum atomic E-state index is -0.294. The highest BCUT2D eigenvalue weighted by Gasteiger charge is 2.32. The summed E-state index contributed by atoms with van der Waals surface area (Å²) in [6.07, 6.45) is 6.50. The predicted molar refractivity (Wildman–Crippen MR) is 94.3 cm³/mol. The zero-order valence-electron chi connectivity index (χ0n) is 14.0. The molecule has 24 heavy (non-hydrogen) atoms. The van der Waals surface area contributed by atoms with Crippen LogP contribution in [0.25, 0.3) is 6.08 Å². The summed E-state index contributed by atoms with van der Waals surface area (Å²) in [5, 5.41) is 2.77. The topological polar surface area (TPSA) is 52.7 Å². The minimum Gasteiger partial charge on any atom is -0.344 e.